The molecule has 0 amide bonds. The van der Waals surface area contributed by atoms with Crippen LogP contribution in [0.5, 0.6) is 0 Å². The first-order valence-electron chi connectivity index (χ1n) is 5.32. The number of carbonyl (C=O) groups excluding carboxylic acids is 1. The van der Waals surface area contributed by atoms with Gasteiger partial charge in [0.05, 0.1) is 6.54 Å². The molecule has 0 saturated heterocycles. The maximum Gasteiger partial charge on any atom is 0.401 e. The fraction of sp³-hybridized carbons (Fsp3) is 0.417. The van der Waals surface area contributed by atoms with E-state index in [-0.39, 0.29) is 18.7 Å². The smallest absolute Gasteiger partial charge is 0.298 e. The average molecular weight is 263 g/mol. The molecule has 1 rings (SSSR count). The van der Waals surface area contributed by atoms with Crippen LogP contribution in [-0.4, -0.2) is 37.0 Å². The number of hydrogen-bond acceptors (Lipinski definition) is 2. The van der Waals surface area contributed by atoms with E-state index in [1.165, 1.54) is 19.2 Å². The van der Waals surface area contributed by atoms with E-state index in [0.717, 1.165) is 17.0 Å². The zero-order chi connectivity index (χ0) is 13.8. The third-order valence-corrected chi connectivity index (χ3v) is 2.34. The minimum absolute atomic E-state index is 0.00964. The highest BCUT2D eigenvalue weighted by molar-refractivity contribution is 5.96. The molecule has 0 N–H and O–H groups in total. The fourth-order valence-corrected chi connectivity index (χ4v) is 1.46. The summed E-state index contributed by atoms with van der Waals surface area (Å²) in [6.07, 6.45) is -4.30. The highest BCUT2D eigenvalue weighted by Gasteiger charge is 2.29. The van der Waals surface area contributed by atoms with Crippen molar-refractivity contribution in [3.05, 3.63) is 35.6 Å². The van der Waals surface area contributed by atoms with Crippen molar-refractivity contribution >= 4 is 5.78 Å². The van der Waals surface area contributed by atoms with E-state index in [2.05, 4.69) is 0 Å². The number of ketones is 1. The average Bonchev–Trinajstić information content (AvgIpc) is 2.24. The zero-order valence-corrected chi connectivity index (χ0v) is 9.80. The Balaban J connectivity index is 2.44. The minimum Gasteiger partial charge on any atom is -0.298 e. The maximum atomic E-state index is 12.6. The van der Waals surface area contributed by atoms with Gasteiger partial charge in [0.2, 0.25) is 0 Å². The summed E-state index contributed by atoms with van der Waals surface area (Å²) in [4.78, 5) is 12.6. The van der Waals surface area contributed by atoms with Gasteiger partial charge < -0.3 is 0 Å². The summed E-state index contributed by atoms with van der Waals surface area (Å²) in [5.74, 6) is -0.759. The lowest BCUT2D eigenvalue weighted by Gasteiger charge is -2.17. The van der Waals surface area contributed by atoms with Gasteiger partial charge in [-0.05, 0) is 31.3 Å². The maximum absolute atomic E-state index is 12.6. The molecule has 0 aliphatic rings. The SMILES string of the molecule is CN(CCC(=O)c1ccc(F)cc1)CC(F)(F)F. The van der Waals surface area contributed by atoms with E-state index < -0.39 is 18.5 Å². The van der Waals surface area contributed by atoms with Crippen LogP contribution < -0.4 is 0 Å². The lowest BCUT2D eigenvalue weighted by molar-refractivity contribution is -0.142. The number of carbonyl (C=O) groups is 1. The second-order valence-electron chi connectivity index (χ2n) is 4.03. The van der Waals surface area contributed by atoms with E-state index in [1.54, 1.807) is 0 Å². The first-order chi connectivity index (χ1) is 8.28. The first kappa shape index (κ1) is 14.6. The largest absolute Gasteiger partial charge is 0.401 e. The summed E-state index contributed by atoms with van der Waals surface area (Å²) in [7, 11) is 1.30. The summed E-state index contributed by atoms with van der Waals surface area (Å²) in [5, 5.41) is 0. The van der Waals surface area contributed by atoms with Gasteiger partial charge in [0, 0.05) is 18.5 Å². The van der Waals surface area contributed by atoms with E-state index >= 15 is 0 Å². The molecule has 2 nitrogen and oxygen atoms in total. The molecule has 0 fully saturated rings. The van der Waals surface area contributed by atoms with Crippen LogP contribution in [-0.2, 0) is 0 Å². The number of nitrogens with zero attached hydrogens (tertiary/aromatic N) is 1. The zero-order valence-electron chi connectivity index (χ0n) is 9.80. The molecule has 0 radical (unpaired) electrons. The molecule has 6 heteroatoms. The predicted molar refractivity (Wildman–Crippen MR) is 58.9 cm³/mol. The molecule has 0 heterocycles. The Labute approximate surface area is 102 Å². The van der Waals surface area contributed by atoms with Crippen LogP contribution in [0.4, 0.5) is 17.6 Å². The van der Waals surface area contributed by atoms with Crippen LogP contribution in [0.1, 0.15) is 16.8 Å². The Morgan fingerprint density at radius 2 is 1.78 bits per heavy atom. The highest BCUT2D eigenvalue weighted by atomic mass is 19.4. The standard InChI is InChI=1S/C12H13F4NO/c1-17(8-12(14,15)16)7-6-11(18)9-2-4-10(13)5-3-9/h2-5H,6-8H2,1H3. The van der Waals surface area contributed by atoms with Gasteiger partial charge in [0.25, 0.3) is 0 Å². The van der Waals surface area contributed by atoms with Crippen molar-refractivity contribution in [2.45, 2.75) is 12.6 Å². The van der Waals surface area contributed by atoms with Gasteiger partial charge in [-0.2, -0.15) is 13.2 Å². The summed E-state index contributed by atoms with van der Waals surface area (Å²) in [6, 6.07) is 4.93. The van der Waals surface area contributed by atoms with Crippen molar-refractivity contribution in [3.63, 3.8) is 0 Å². The van der Waals surface area contributed by atoms with Crippen LogP contribution in [0.15, 0.2) is 24.3 Å². The molecule has 0 unspecified atom stereocenters. The van der Waals surface area contributed by atoms with Crippen molar-refractivity contribution in [2.24, 2.45) is 0 Å². The Bertz CT molecular complexity index is 400. The number of halogens is 4. The van der Waals surface area contributed by atoms with E-state index in [1.807, 2.05) is 0 Å². The summed E-state index contributed by atoms with van der Waals surface area (Å²) >= 11 is 0. The van der Waals surface area contributed by atoms with E-state index in [4.69, 9.17) is 0 Å². The van der Waals surface area contributed by atoms with Crippen LogP contribution in [0.2, 0.25) is 0 Å². The van der Waals surface area contributed by atoms with Gasteiger partial charge in [-0.1, -0.05) is 0 Å². The van der Waals surface area contributed by atoms with E-state index in [0.29, 0.717) is 5.56 Å². The second kappa shape index (κ2) is 5.95. The molecule has 0 atom stereocenters. The van der Waals surface area contributed by atoms with E-state index in [9.17, 15) is 22.4 Å². The lowest BCUT2D eigenvalue weighted by Crippen LogP contribution is -2.32. The molecule has 100 valence electrons. The lowest BCUT2D eigenvalue weighted by atomic mass is 10.1. The predicted octanol–water partition coefficient (Wildman–Crippen LogP) is 2.89. The van der Waals surface area contributed by atoms with Crippen LogP contribution >= 0.6 is 0 Å². The summed E-state index contributed by atoms with van der Waals surface area (Å²) in [6.45, 7) is -1.04. The van der Waals surface area contributed by atoms with Crippen molar-refractivity contribution in [3.8, 4) is 0 Å². The topological polar surface area (TPSA) is 20.3 Å². The van der Waals surface area contributed by atoms with Crippen molar-refractivity contribution in [1.29, 1.82) is 0 Å². The molecule has 1 aromatic carbocycles. The van der Waals surface area contributed by atoms with Crippen LogP contribution in [0.25, 0.3) is 0 Å². The molecule has 0 bridgehead atoms. The van der Waals surface area contributed by atoms with Gasteiger partial charge in [-0.3, -0.25) is 9.69 Å². The molecule has 18 heavy (non-hydrogen) atoms. The quantitative estimate of drug-likeness (QED) is 0.601. The number of hydrogen-bond donors (Lipinski definition) is 0. The molecule has 0 spiro atoms. The van der Waals surface area contributed by atoms with Crippen molar-refractivity contribution in [2.75, 3.05) is 20.1 Å². The number of alkyl halides is 3. The first-order valence-corrected chi connectivity index (χ1v) is 5.32. The van der Waals surface area contributed by atoms with Gasteiger partial charge in [0.15, 0.2) is 5.78 Å². The number of Topliss-reactive ketones (excluding diaryl/α,β-unsaturated/α-hetero) is 1. The Hall–Kier alpha value is -1.43. The fourth-order valence-electron chi connectivity index (χ4n) is 1.46. The van der Waals surface area contributed by atoms with Gasteiger partial charge in [-0.25, -0.2) is 4.39 Å². The van der Waals surface area contributed by atoms with Crippen molar-refractivity contribution in [1.82, 2.24) is 4.90 Å². The molecule has 0 aliphatic heterocycles. The number of benzene rings is 1. The monoisotopic (exact) mass is 263 g/mol. The van der Waals surface area contributed by atoms with Crippen LogP contribution in [0.3, 0.4) is 0 Å². The summed E-state index contributed by atoms with van der Waals surface area (Å²) in [5.41, 5.74) is 0.303. The molecular weight excluding hydrogens is 250 g/mol. The van der Waals surface area contributed by atoms with Crippen LogP contribution in [0, 0.1) is 5.82 Å². The molecule has 1 aromatic rings. The Kier molecular flexibility index (Phi) is 4.84. The van der Waals surface area contributed by atoms with Gasteiger partial charge >= 0.3 is 6.18 Å². The minimum atomic E-state index is -4.27. The third kappa shape index (κ3) is 5.27. The Morgan fingerprint density at radius 1 is 1.22 bits per heavy atom. The molecule has 0 aromatic heterocycles. The number of rotatable bonds is 5. The van der Waals surface area contributed by atoms with Gasteiger partial charge in [-0.15, -0.1) is 0 Å². The molecule has 0 aliphatic carbocycles. The second-order valence-corrected chi connectivity index (χ2v) is 4.03. The normalized spacial score (nSPS) is 11.9. The Morgan fingerprint density at radius 3 is 2.28 bits per heavy atom. The van der Waals surface area contributed by atoms with Crippen molar-refractivity contribution < 1.29 is 22.4 Å². The molecule has 0 saturated carbocycles. The third-order valence-electron chi connectivity index (χ3n) is 2.34. The molecular formula is C12H13F4NO. The summed E-state index contributed by atoms with van der Waals surface area (Å²) < 4.78 is 48.7. The highest BCUT2D eigenvalue weighted by Crippen LogP contribution is 2.15. The van der Waals surface area contributed by atoms with Gasteiger partial charge in [0.1, 0.15) is 5.82 Å².